The second-order valence-corrected chi connectivity index (χ2v) is 9.16. The van der Waals surface area contributed by atoms with Crippen molar-refractivity contribution in [3.8, 4) is 16.9 Å². The number of aliphatic hydroxyl groups is 2. The second-order valence-electron chi connectivity index (χ2n) is 8.20. The lowest BCUT2D eigenvalue weighted by atomic mass is 10.0. The van der Waals surface area contributed by atoms with Gasteiger partial charge in [-0.25, -0.2) is 13.6 Å². The number of nitrogens with one attached hydrogen (secondary N) is 1. The first kappa shape index (κ1) is 26.7. The van der Waals surface area contributed by atoms with Crippen LogP contribution in [0.5, 0.6) is 5.75 Å². The van der Waals surface area contributed by atoms with Crippen LogP contribution in [0.25, 0.3) is 11.1 Å². The number of carbonyl (C=O) groups is 2. The molecule has 0 saturated heterocycles. The summed E-state index contributed by atoms with van der Waals surface area (Å²) in [5.41, 5.74) is -0.272. The van der Waals surface area contributed by atoms with E-state index in [-0.39, 0.29) is 35.1 Å². The van der Waals surface area contributed by atoms with Crippen molar-refractivity contribution in [2.45, 2.75) is 45.6 Å². The van der Waals surface area contributed by atoms with Crippen LogP contribution >= 0.6 is 11.8 Å². The quantitative estimate of drug-likeness (QED) is 0.382. The maximum absolute atomic E-state index is 14.3. The number of hydrogen-bond donors (Lipinski definition) is 3. The highest BCUT2D eigenvalue weighted by Gasteiger charge is 2.24. The van der Waals surface area contributed by atoms with Gasteiger partial charge in [-0.1, -0.05) is 6.07 Å². The van der Waals surface area contributed by atoms with Crippen molar-refractivity contribution in [2.75, 3.05) is 12.4 Å². The van der Waals surface area contributed by atoms with Crippen LogP contribution in [-0.4, -0.2) is 45.4 Å². The standard InChI is InChI=1S/C23H27F2NO6S/c1-13(28)26-16(11-27)12-33-22(30)31-20-8-5-14(17-7-6-15(24)10-19(17)25)9-18(20)21(29)32-23(2,3)4/h5-10,16,21,27,29H,11-12H2,1-4H3,(H,26,28). The van der Waals surface area contributed by atoms with Gasteiger partial charge in [-0.05, 0) is 62.4 Å². The molecule has 2 unspecified atom stereocenters. The molecule has 0 saturated carbocycles. The fourth-order valence-electron chi connectivity index (χ4n) is 2.84. The molecule has 2 rings (SSSR count). The molecule has 3 N–H and O–H groups in total. The predicted octanol–water partition coefficient (Wildman–Crippen LogP) is 4.17. The van der Waals surface area contributed by atoms with Gasteiger partial charge >= 0.3 is 5.30 Å². The number of ether oxygens (including phenoxy) is 2. The molecule has 0 heterocycles. The molecule has 0 aliphatic heterocycles. The van der Waals surface area contributed by atoms with Gasteiger partial charge in [-0.3, -0.25) is 4.79 Å². The number of thioether (sulfide) groups is 1. The monoisotopic (exact) mass is 483 g/mol. The van der Waals surface area contributed by atoms with Crippen molar-refractivity contribution in [2.24, 2.45) is 0 Å². The number of amides is 1. The molecule has 0 spiro atoms. The van der Waals surface area contributed by atoms with E-state index in [1.807, 2.05) is 0 Å². The van der Waals surface area contributed by atoms with Crippen molar-refractivity contribution in [1.29, 1.82) is 0 Å². The highest BCUT2D eigenvalue weighted by atomic mass is 32.2. The number of rotatable bonds is 8. The SMILES string of the molecule is CC(=O)NC(CO)CSC(=O)Oc1ccc(-c2ccc(F)cc2F)cc1C(O)OC(C)(C)C. The Morgan fingerprint density at radius 2 is 1.85 bits per heavy atom. The smallest absolute Gasteiger partial charge is 0.372 e. The van der Waals surface area contributed by atoms with E-state index in [1.165, 1.54) is 31.2 Å². The van der Waals surface area contributed by atoms with Crippen molar-refractivity contribution in [1.82, 2.24) is 5.32 Å². The summed E-state index contributed by atoms with van der Waals surface area (Å²) in [5.74, 6) is -1.83. The molecule has 0 radical (unpaired) electrons. The van der Waals surface area contributed by atoms with E-state index in [0.29, 0.717) is 5.56 Å². The fraction of sp³-hybridized carbons (Fsp3) is 0.391. The zero-order valence-corrected chi connectivity index (χ0v) is 19.5. The molecular weight excluding hydrogens is 456 g/mol. The molecule has 0 fully saturated rings. The topological polar surface area (TPSA) is 105 Å². The number of carbonyl (C=O) groups excluding carboxylic acids is 2. The third-order valence-corrected chi connectivity index (χ3v) is 5.09. The normalized spacial score (nSPS) is 13.3. The average molecular weight is 484 g/mol. The minimum absolute atomic E-state index is 0.0180. The van der Waals surface area contributed by atoms with Crippen LogP contribution in [0.2, 0.25) is 0 Å². The summed E-state index contributed by atoms with van der Waals surface area (Å²) in [5, 5.41) is 21.7. The van der Waals surface area contributed by atoms with Gasteiger partial charge in [-0.2, -0.15) is 0 Å². The van der Waals surface area contributed by atoms with Crippen LogP contribution in [0.3, 0.4) is 0 Å². The Labute approximate surface area is 195 Å². The maximum atomic E-state index is 14.3. The van der Waals surface area contributed by atoms with Crippen LogP contribution in [0.15, 0.2) is 36.4 Å². The maximum Gasteiger partial charge on any atom is 0.372 e. The van der Waals surface area contributed by atoms with E-state index in [2.05, 4.69) is 5.32 Å². The van der Waals surface area contributed by atoms with Gasteiger partial charge in [0.15, 0.2) is 6.29 Å². The Morgan fingerprint density at radius 3 is 2.42 bits per heavy atom. The van der Waals surface area contributed by atoms with Crippen molar-refractivity contribution < 1.29 is 38.1 Å². The highest BCUT2D eigenvalue weighted by Crippen LogP contribution is 2.35. The van der Waals surface area contributed by atoms with E-state index in [1.54, 1.807) is 20.8 Å². The molecule has 180 valence electrons. The number of hydrogen-bond acceptors (Lipinski definition) is 7. The van der Waals surface area contributed by atoms with Gasteiger partial charge in [0, 0.05) is 24.3 Å². The lowest BCUT2D eigenvalue weighted by Gasteiger charge is -2.25. The van der Waals surface area contributed by atoms with Crippen LogP contribution in [-0.2, 0) is 9.53 Å². The number of benzene rings is 2. The van der Waals surface area contributed by atoms with E-state index in [4.69, 9.17) is 9.47 Å². The van der Waals surface area contributed by atoms with Crippen LogP contribution < -0.4 is 10.1 Å². The zero-order chi connectivity index (χ0) is 24.8. The van der Waals surface area contributed by atoms with Gasteiger partial charge in [0.1, 0.15) is 17.4 Å². The lowest BCUT2D eigenvalue weighted by molar-refractivity contribution is -0.170. The molecule has 0 aliphatic rings. The lowest BCUT2D eigenvalue weighted by Crippen LogP contribution is -2.38. The molecule has 33 heavy (non-hydrogen) atoms. The third kappa shape index (κ3) is 8.39. The molecule has 0 aromatic heterocycles. The summed E-state index contributed by atoms with van der Waals surface area (Å²) < 4.78 is 38.5. The average Bonchev–Trinajstić information content (AvgIpc) is 2.70. The summed E-state index contributed by atoms with van der Waals surface area (Å²) in [6.07, 6.45) is -1.51. The van der Waals surface area contributed by atoms with Crippen LogP contribution in [0.1, 0.15) is 39.5 Å². The summed E-state index contributed by atoms with van der Waals surface area (Å²) in [6.45, 7) is 6.09. The van der Waals surface area contributed by atoms with Gasteiger partial charge in [0.2, 0.25) is 5.91 Å². The molecule has 1 amide bonds. The first-order valence-corrected chi connectivity index (χ1v) is 11.1. The fourth-order valence-corrected chi connectivity index (χ4v) is 3.51. The minimum atomic E-state index is -1.51. The van der Waals surface area contributed by atoms with E-state index in [0.717, 1.165) is 23.9 Å². The summed E-state index contributed by atoms with van der Waals surface area (Å²) in [6, 6.07) is 6.71. The molecular formula is C23H27F2NO6S. The van der Waals surface area contributed by atoms with Crippen LogP contribution in [0.4, 0.5) is 13.6 Å². The summed E-state index contributed by atoms with van der Waals surface area (Å²) >= 11 is 0.724. The first-order valence-electron chi connectivity index (χ1n) is 10.1. The molecule has 0 bridgehead atoms. The Balaban J connectivity index is 2.30. The van der Waals surface area contributed by atoms with Crippen LogP contribution in [0, 0.1) is 11.6 Å². The van der Waals surface area contributed by atoms with Crippen molar-refractivity contribution >= 4 is 23.0 Å². The summed E-state index contributed by atoms with van der Waals surface area (Å²) in [4.78, 5) is 23.5. The number of halogens is 2. The van der Waals surface area contributed by atoms with Crippen molar-refractivity contribution in [3.05, 3.63) is 53.6 Å². The molecule has 2 aromatic carbocycles. The highest BCUT2D eigenvalue weighted by molar-refractivity contribution is 8.13. The molecule has 7 nitrogen and oxygen atoms in total. The molecule has 10 heteroatoms. The van der Waals surface area contributed by atoms with Gasteiger partial charge < -0.3 is 25.0 Å². The largest absolute Gasteiger partial charge is 0.418 e. The minimum Gasteiger partial charge on any atom is -0.418 e. The van der Waals surface area contributed by atoms with Gasteiger partial charge in [-0.15, -0.1) is 0 Å². The summed E-state index contributed by atoms with van der Waals surface area (Å²) in [7, 11) is 0. The third-order valence-electron chi connectivity index (χ3n) is 4.21. The molecule has 0 aliphatic carbocycles. The Morgan fingerprint density at radius 1 is 1.15 bits per heavy atom. The Bertz CT molecular complexity index is 995. The van der Waals surface area contributed by atoms with Gasteiger partial charge in [0.05, 0.1) is 23.8 Å². The number of aliphatic hydroxyl groups excluding tert-OH is 2. The van der Waals surface area contributed by atoms with Gasteiger partial charge in [0.25, 0.3) is 0 Å². The first-order chi connectivity index (χ1) is 15.4. The zero-order valence-electron chi connectivity index (χ0n) is 18.7. The second kappa shape index (κ2) is 11.6. The van der Waals surface area contributed by atoms with E-state index >= 15 is 0 Å². The molecule has 2 aromatic rings. The molecule has 2 atom stereocenters. The Kier molecular flexibility index (Phi) is 9.35. The van der Waals surface area contributed by atoms with Crippen molar-refractivity contribution in [3.63, 3.8) is 0 Å². The Hall–Kier alpha value is -2.53. The predicted molar refractivity (Wildman–Crippen MR) is 121 cm³/mol. The van der Waals surface area contributed by atoms with E-state index < -0.39 is 34.9 Å². The van der Waals surface area contributed by atoms with E-state index in [9.17, 15) is 28.6 Å².